The summed E-state index contributed by atoms with van der Waals surface area (Å²) in [6.07, 6.45) is 1.11. The highest BCUT2D eigenvalue weighted by molar-refractivity contribution is 7.07. The van der Waals surface area contributed by atoms with Crippen molar-refractivity contribution in [3.63, 3.8) is 0 Å². The van der Waals surface area contributed by atoms with Crippen molar-refractivity contribution >= 4 is 11.3 Å². The second kappa shape index (κ2) is 3.83. The Morgan fingerprint density at radius 1 is 1.73 bits per heavy atom. The van der Waals surface area contributed by atoms with E-state index in [0.29, 0.717) is 5.92 Å². The molecule has 0 bridgehead atoms. The lowest BCUT2D eigenvalue weighted by atomic mass is 9.98. The quantitative estimate of drug-likeness (QED) is 0.755. The molecule has 0 saturated heterocycles. The van der Waals surface area contributed by atoms with Crippen LogP contribution in [0.15, 0.2) is 10.9 Å². The number of rotatable bonds is 3. The van der Waals surface area contributed by atoms with Crippen LogP contribution in [0.5, 0.6) is 0 Å². The Morgan fingerprint density at radius 2 is 2.45 bits per heavy atom. The lowest BCUT2D eigenvalue weighted by Crippen LogP contribution is -2.18. The molecule has 0 aliphatic heterocycles. The summed E-state index contributed by atoms with van der Waals surface area (Å²) in [6, 6.07) is 0.117. The minimum Gasteiger partial charge on any atom is -0.322 e. The lowest BCUT2D eigenvalue weighted by Gasteiger charge is -2.15. The topological polar surface area (TPSA) is 38.9 Å². The monoisotopic (exact) mass is 170 g/mol. The van der Waals surface area contributed by atoms with Crippen LogP contribution in [0.3, 0.4) is 0 Å². The van der Waals surface area contributed by atoms with Gasteiger partial charge in [-0.1, -0.05) is 20.3 Å². The third-order valence-electron chi connectivity index (χ3n) is 2.05. The van der Waals surface area contributed by atoms with Crippen LogP contribution in [0, 0.1) is 5.92 Å². The van der Waals surface area contributed by atoms with Crippen molar-refractivity contribution in [1.29, 1.82) is 0 Å². The van der Waals surface area contributed by atoms with E-state index in [1.165, 1.54) is 0 Å². The van der Waals surface area contributed by atoms with Gasteiger partial charge in [0.1, 0.15) is 0 Å². The average molecular weight is 170 g/mol. The highest BCUT2D eigenvalue weighted by atomic mass is 32.1. The van der Waals surface area contributed by atoms with Crippen LogP contribution in [-0.4, -0.2) is 4.98 Å². The zero-order chi connectivity index (χ0) is 8.27. The molecule has 0 aromatic carbocycles. The summed E-state index contributed by atoms with van der Waals surface area (Å²) in [5.41, 5.74) is 8.80. The summed E-state index contributed by atoms with van der Waals surface area (Å²) < 4.78 is 0. The van der Waals surface area contributed by atoms with Crippen LogP contribution in [0.4, 0.5) is 0 Å². The first-order valence-electron chi connectivity index (χ1n) is 3.89. The summed E-state index contributed by atoms with van der Waals surface area (Å²) in [5.74, 6) is 0.525. The van der Waals surface area contributed by atoms with E-state index in [4.69, 9.17) is 5.73 Å². The predicted octanol–water partition coefficient (Wildman–Crippen LogP) is 2.19. The molecule has 2 atom stereocenters. The Labute approximate surface area is 71.5 Å². The fourth-order valence-corrected chi connectivity index (χ4v) is 1.53. The Morgan fingerprint density at radius 3 is 2.91 bits per heavy atom. The molecule has 0 spiro atoms. The molecule has 11 heavy (non-hydrogen) atoms. The van der Waals surface area contributed by atoms with Gasteiger partial charge in [-0.15, -0.1) is 11.3 Å². The summed E-state index contributed by atoms with van der Waals surface area (Å²) >= 11 is 1.60. The fourth-order valence-electron chi connectivity index (χ4n) is 0.932. The zero-order valence-corrected chi connectivity index (χ0v) is 7.77. The summed E-state index contributed by atoms with van der Waals surface area (Å²) in [5, 5.41) is 2.02. The van der Waals surface area contributed by atoms with Crippen molar-refractivity contribution in [2.75, 3.05) is 0 Å². The Hall–Kier alpha value is -0.410. The number of thiazole rings is 1. The van der Waals surface area contributed by atoms with Gasteiger partial charge in [0.05, 0.1) is 17.2 Å². The first-order chi connectivity index (χ1) is 5.25. The Kier molecular flexibility index (Phi) is 3.02. The second-order valence-corrected chi connectivity index (χ2v) is 3.54. The van der Waals surface area contributed by atoms with E-state index in [9.17, 15) is 0 Å². The summed E-state index contributed by atoms with van der Waals surface area (Å²) in [4.78, 5) is 4.18. The van der Waals surface area contributed by atoms with Gasteiger partial charge in [0.15, 0.2) is 0 Å². The van der Waals surface area contributed by atoms with E-state index in [1.807, 2.05) is 10.9 Å². The van der Waals surface area contributed by atoms with Gasteiger partial charge in [-0.3, -0.25) is 0 Å². The molecule has 1 rings (SSSR count). The highest BCUT2D eigenvalue weighted by Gasteiger charge is 2.13. The maximum atomic E-state index is 5.94. The van der Waals surface area contributed by atoms with Crippen LogP contribution >= 0.6 is 11.3 Å². The SMILES string of the molecule is CCC(C)C(N)c1cscn1. The van der Waals surface area contributed by atoms with Crippen molar-refractivity contribution in [2.45, 2.75) is 26.3 Å². The molecule has 0 saturated carbocycles. The minimum atomic E-state index is 0.117. The average Bonchev–Trinajstić information content (AvgIpc) is 2.53. The first kappa shape index (κ1) is 8.68. The summed E-state index contributed by atoms with van der Waals surface area (Å²) in [7, 11) is 0. The Bertz CT molecular complexity index is 196. The molecule has 0 aliphatic rings. The van der Waals surface area contributed by atoms with Crippen molar-refractivity contribution in [2.24, 2.45) is 11.7 Å². The molecule has 2 N–H and O–H groups in total. The molecule has 2 nitrogen and oxygen atoms in total. The van der Waals surface area contributed by atoms with Gasteiger partial charge < -0.3 is 5.73 Å². The molecular formula is C8H14N2S. The minimum absolute atomic E-state index is 0.117. The van der Waals surface area contributed by atoms with Gasteiger partial charge in [0.25, 0.3) is 0 Å². The largest absolute Gasteiger partial charge is 0.322 e. The molecule has 3 heteroatoms. The maximum Gasteiger partial charge on any atom is 0.0795 e. The third kappa shape index (κ3) is 2.01. The second-order valence-electron chi connectivity index (χ2n) is 2.82. The smallest absolute Gasteiger partial charge is 0.0795 e. The van der Waals surface area contributed by atoms with E-state index in [1.54, 1.807) is 11.3 Å². The molecular weight excluding hydrogens is 156 g/mol. The van der Waals surface area contributed by atoms with Crippen LogP contribution in [0.2, 0.25) is 0 Å². The van der Waals surface area contributed by atoms with E-state index >= 15 is 0 Å². The fraction of sp³-hybridized carbons (Fsp3) is 0.625. The van der Waals surface area contributed by atoms with E-state index < -0.39 is 0 Å². The lowest BCUT2D eigenvalue weighted by molar-refractivity contribution is 0.450. The van der Waals surface area contributed by atoms with Gasteiger partial charge in [-0.05, 0) is 5.92 Å². The third-order valence-corrected chi connectivity index (χ3v) is 2.65. The Balaban J connectivity index is 2.62. The van der Waals surface area contributed by atoms with Crippen molar-refractivity contribution < 1.29 is 0 Å². The van der Waals surface area contributed by atoms with Crippen molar-refractivity contribution in [3.05, 3.63) is 16.6 Å². The zero-order valence-electron chi connectivity index (χ0n) is 6.95. The van der Waals surface area contributed by atoms with Gasteiger partial charge in [-0.2, -0.15) is 0 Å². The molecule has 0 fully saturated rings. The van der Waals surface area contributed by atoms with Crippen LogP contribution in [0.25, 0.3) is 0 Å². The number of aromatic nitrogens is 1. The summed E-state index contributed by atoms with van der Waals surface area (Å²) in [6.45, 7) is 4.31. The van der Waals surface area contributed by atoms with Crippen LogP contribution in [-0.2, 0) is 0 Å². The van der Waals surface area contributed by atoms with Gasteiger partial charge in [0, 0.05) is 5.38 Å². The first-order valence-corrected chi connectivity index (χ1v) is 4.83. The maximum absolute atomic E-state index is 5.94. The molecule has 1 heterocycles. The van der Waals surface area contributed by atoms with Crippen molar-refractivity contribution in [3.8, 4) is 0 Å². The highest BCUT2D eigenvalue weighted by Crippen LogP contribution is 2.20. The standard InChI is InChI=1S/C8H14N2S/c1-3-6(2)8(9)7-4-11-5-10-7/h4-6,8H,3,9H2,1-2H3. The number of nitrogens with zero attached hydrogens (tertiary/aromatic N) is 1. The molecule has 0 aliphatic carbocycles. The molecule has 62 valence electrons. The number of hydrogen-bond acceptors (Lipinski definition) is 3. The molecule has 0 radical (unpaired) electrons. The molecule has 1 aromatic rings. The van der Waals surface area contributed by atoms with E-state index in [0.717, 1.165) is 12.1 Å². The van der Waals surface area contributed by atoms with Crippen molar-refractivity contribution in [1.82, 2.24) is 4.98 Å². The van der Waals surface area contributed by atoms with Crippen LogP contribution in [0.1, 0.15) is 32.0 Å². The molecule has 1 aromatic heterocycles. The van der Waals surface area contributed by atoms with Crippen LogP contribution < -0.4 is 5.73 Å². The van der Waals surface area contributed by atoms with E-state index in [-0.39, 0.29) is 6.04 Å². The number of hydrogen-bond donors (Lipinski definition) is 1. The molecule has 0 amide bonds. The van der Waals surface area contributed by atoms with E-state index in [2.05, 4.69) is 18.8 Å². The van der Waals surface area contributed by atoms with Gasteiger partial charge in [0.2, 0.25) is 0 Å². The van der Waals surface area contributed by atoms with Gasteiger partial charge >= 0.3 is 0 Å². The molecule has 2 unspecified atom stereocenters. The number of nitrogens with two attached hydrogens (primary N) is 1. The normalized spacial score (nSPS) is 16.3. The predicted molar refractivity (Wildman–Crippen MR) is 48.5 cm³/mol. The van der Waals surface area contributed by atoms with Gasteiger partial charge in [-0.25, -0.2) is 4.98 Å².